The number of carbonyl (C=O) groups is 1. The van der Waals surface area contributed by atoms with E-state index in [4.69, 9.17) is 5.11 Å². The molecule has 0 aromatic heterocycles. The number of rotatable bonds is 8. The average Bonchev–Trinajstić information content (AvgIpc) is 2.38. The molecule has 0 aliphatic rings. The molecule has 0 saturated carbocycles. The number of allylic oxidation sites excluding steroid dienone is 1. The van der Waals surface area contributed by atoms with Gasteiger partial charge in [0.25, 0.3) is 0 Å². The van der Waals surface area contributed by atoms with Gasteiger partial charge < -0.3 is 10.4 Å². The van der Waals surface area contributed by atoms with Crippen LogP contribution >= 0.6 is 0 Å². The summed E-state index contributed by atoms with van der Waals surface area (Å²) in [4.78, 5) is 11.0. The Labute approximate surface area is 109 Å². The van der Waals surface area contributed by atoms with Gasteiger partial charge in [0.1, 0.15) is 0 Å². The van der Waals surface area contributed by atoms with Gasteiger partial charge >= 0.3 is 5.97 Å². The van der Waals surface area contributed by atoms with E-state index in [1.54, 1.807) is 12.1 Å². The number of hydrogen-bond donors (Lipinski definition) is 2. The molecule has 0 bridgehead atoms. The van der Waals surface area contributed by atoms with Crippen molar-refractivity contribution in [3.05, 3.63) is 47.7 Å². The first kappa shape index (κ1) is 14.3. The standard InChI is InChI=1S/C15H21NO2/c1-2-3-6-11-16-12-7-9-13-8-4-5-10-14(13)15(17)18/h4-5,7-8,10,12,16H,2-3,6,9,11H2,1H3,(H,17,18). The second-order valence-electron chi connectivity index (χ2n) is 4.23. The van der Waals surface area contributed by atoms with Crippen molar-refractivity contribution >= 4 is 5.97 Å². The summed E-state index contributed by atoms with van der Waals surface area (Å²) in [5, 5.41) is 12.2. The highest BCUT2D eigenvalue weighted by atomic mass is 16.4. The third kappa shape index (κ3) is 5.04. The summed E-state index contributed by atoms with van der Waals surface area (Å²) in [6.45, 7) is 3.16. The highest BCUT2D eigenvalue weighted by molar-refractivity contribution is 5.89. The molecule has 1 rings (SSSR count). The average molecular weight is 247 g/mol. The zero-order chi connectivity index (χ0) is 13.2. The zero-order valence-corrected chi connectivity index (χ0v) is 10.9. The van der Waals surface area contributed by atoms with E-state index in [0.717, 1.165) is 12.1 Å². The van der Waals surface area contributed by atoms with Gasteiger partial charge in [0, 0.05) is 6.54 Å². The lowest BCUT2D eigenvalue weighted by atomic mass is 10.0. The van der Waals surface area contributed by atoms with Crippen molar-refractivity contribution in [2.45, 2.75) is 32.6 Å². The lowest BCUT2D eigenvalue weighted by Crippen LogP contribution is -2.07. The Bertz CT molecular complexity index is 399. The number of nitrogens with one attached hydrogen (secondary N) is 1. The minimum Gasteiger partial charge on any atom is -0.478 e. The van der Waals surface area contributed by atoms with Crippen molar-refractivity contribution in [1.29, 1.82) is 0 Å². The van der Waals surface area contributed by atoms with Crippen LogP contribution in [0.15, 0.2) is 36.5 Å². The van der Waals surface area contributed by atoms with Crippen LogP contribution in [0.4, 0.5) is 0 Å². The molecule has 2 N–H and O–H groups in total. The summed E-state index contributed by atoms with van der Waals surface area (Å²) < 4.78 is 0. The molecule has 0 aliphatic carbocycles. The van der Waals surface area contributed by atoms with Crippen LogP contribution in [0.2, 0.25) is 0 Å². The maximum atomic E-state index is 11.0. The van der Waals surface area contributed by atoms with Crippen LogP contribution in [0.3, 0.4) is 0 Å². The van der Waals surface area contributed by atoms with Crippen molar-refractivity contribution in [2.75, 3.05) is 6.54 Å². The molecular weight excluding hydrogens is 226 g/mol. The summed E-state index contributed by atoms with van der Waals surface area (Å²) in [6, 6.07) is 7.11. The molecule has 18 heavy (non-hydrogen) atoms. The van der Waals surface area contributed by atoms with Gasteiger partial charge in [-0.15, -0.1) is 0 Å². The second kappa shape index (κ2) is 8.34. The Hall–Kier alpha value is -1.77. The predicted molar refractivity (Wildman–Crippen MR) is 73.8 cm³/mol. The third-order valence-corrected chi connectivity index (χ3v) is 2.75. The van der Waals surface area contributed by atoms with E-state index in [2.05, 4.69) is 12.2 Å². The van der Waals surface area contributed by atoms with Gasteiger partial charge in [-0.3, -0.25) is 0 Å². The Balaban J connectivity index is 2.39. The molecule has 0 radical (unpaired) electrons. The number of hydrogen-bond acceptors (Lipinski definition) is 2. The van der Waals surface area contributed by atoms with Gasteiger partial charge in [-0.2, -0.15) is 0 Å². The normalized spacial score (nSPS) is 10.7. The SMILES string of the molecule is CCCCCNC=CCc1ccccc1C(=O)O. The van der Waals surface area contributed by atoms with Gasteiger partial charge in [0.2, 0.25) is 0 Å². The predicted octanol–water partition coefficient (Wildman–Crippen LogP) is 3.22. The van der Waals surface area contributed by atoms with E-state index in [9.17, 15) is 4.79 Å². The Morgan fingerprint density at radius 1 is 1.33 bits per heavy atom. The van der Waals surface area contributed by atoms with Crippen molar-refractivity contribution < 1.29 is 9.90 Å². The minimum atomic E-state index is -0.866. The molecule has 0 saturated heterocycles. The van der Waals surface area contributed by atoms with Crippen molar-refractivity contribution in [2.24, 2.45) is 0 Å². The molecule has 0 amide bonds. The maximum absolute atomic E-state index is 11.0. The van der Waals surface area contributed by atoms with Gasteiger partial charge in [-0.05, 0) is 30.7 Å². The molecule has 0 fully saturated rings. The largest absolute Gasteiger partial charge is 0.478 e. The van der Waals surface area contributed by atoms with Crippen LogP contribution in [0, 0.1) is 0 Å². The summed E-state index contributed by atoms with van der Waals surface area (Å²) in [5.74, 6) is -0.866. The summed E-state index contributed by atoms with van der Waals surface area (Å²) in [6.07, 6.45) is 8.15. The molecule has 0 aliphatic heterocycles. The Morgan fingerprint density at radius 2 is 2.11 bits per heavy atom. The van der Waals surface area contributed by atoms with E-state index in [-0.39, 0.29) is 0 Å². The van der Waals surface area contributed by atoms with Crippen molar-refractivity contribution in [3.8, 4) is 0 Å². The monoisotopic (exact) mass is 247 g/mol. The van der Waals surface area contributed by atoms with Gasteiger partial charge in [-0.25, -0.2) is 4.79 Å². The minimum absolute atomic E-state index is 0.383. The lowest BCUT2D eigenvalue weighted by molar-refractivity contribution is 0.0696. The molecule has 0 atom stereocenters. The van der Waals surface area contributed by atoms with Crippen molar-refractivity contribution in [1.82, 2.24) is 5.32 Å². The van der Waals surface area contributed by atoms with E-state index in [1.165, 1.54) is 19.3 Å². The van der Waals surface area contributed by atoms with E-state index < -0.39 is 5.97 Å². The molecule has 0 unspecified atom stereocenters. The molecule has 1 aromatic rings. The molecule has 3 nitrogen and oxygen atoms in total. The first-order valence-electron chi connectivity index (χ1n) is 6.45. The molecule has 1 aromatic carbocycles. The molecule has 3 heteroatoms. The van der Waals surface area contributed by atoms with Crippen LogP contribution in [0.5, 0.6) is 0 Å². The fraction of sp³-hybridized carbons (Fsp3) is 0.400. The number of unbranched alkanes of at least 4 members (excludes halogenated alkanes) is 2. The van der Waals surface area contributed by atoms with E-state index >= 15 is 0 Å². The molecular formula is C15H21NO2. The highest BCUT2D eigenvalue weighted by Crippen LogP contribution is 2.09. The molecule has 0 spiro atoms. The summed E-state index contributed by atoms with van der Waals surface area (Å²) in [7, 11) is 0. The van der Waals surface area contributed by atoms with Crippen LogP contribution in [0.25, 0.3) is 0 Å². The van der Waals surface area contributed by atoms with Gasteiger partial charge in [-0.1, -0.05) is 44.0 Å². The molecule has 0 heterocycles. The smallest absolute Gasteiger partial charge is 0.335 e. The van der Waals surface area contributed by atoms with Crippen LogP contribution in [0.1, 0.15) is 42.1 Å². The number of benzene rings is 1. The summed E-state index contributed by atoms with van der Waals surface area (Å²) in [5.41, 5.74) is 1.23. The first-order valence-corrected chi connectivity index (χ1v) is 6.45. The topological polar surface area (TPSA) is 49.3 Å². The maximum Gasteiger partial charge on any atom is 0.335 e. The highest BCUT2D eigenvalue weighted by Gasteiger charge is 2.06. The fourth-order valence-corrected chi connectivity index (χ4v) is 1.74. The van der Waals surface area contributed by atoms with Crippen LogP contribution in [-0.2, 0) is 6.42 Å². The van der Waals surface area contributed by atoms with Crippen LogP contribution < -0.4 is 5.32 Å². The lowest BCUT2D eigenvalue weighted by Gasteiger charge is -2.03. The Morgan fingerprint density at radius 3 is 2.83 bits per heavy atom. The number of aromatic carboxylic acids is 1. The zero-order valence-electron chi connectivity index (χ0n) is 10.9. The fourth-order valence-electron chi connectivity index (χ4n) is 1.74. The van der Waals surface area contributed by atoms with Gasteiger partial charge in [0.05, 0.1) is 5.56 Å². The quantitative estimate of drug-likeness (QED) is 0.693. The summed E-state index contributed by atoms with van der Waals surface area (Å²) >= 11 is 0. The van der Waals surface area contributed by atoms with Gasteiger partial charge in [0.15, 0.2) is 0 Å². The van der Waals surface area contributed by atoms with E-state index in [0.29, 0.717) is 12.0 Å². The number of carboxylic acids is 1. The molecule has 98 valence electrons. The first-order chi connectivity index (χ1) is 8.75. The second-order valence-corrected chi connectivity index (χ2v) is 4.23. The van der Waals surface area contributed by atoms with E-state index in [1.807, 2.05) is 24.4 Å². The van der Waals surface area contributed by atoms with Crippen LogP contribution in [-0.4, -0.2) is 17.6 Å². The number of carboxylic acid groups (broad SMARTS) is 1. The Kier molecular flexibility index (Phi) is 6.62. The van der Waals surface area contributed by atoms with Crippen molar-refractivity contribution in [3.63, 3.8) is 0 Å². The third-order valence-electron chi connectivity index (χ3n) is 2.75.